The molecule has 0 atom stereocenters. The van der Waals surface area contributed by atoms with Crippen molar-refractivity contribution in [1.82, 2.24) is 15.1 Å². The number of carbonyl (C=O) groups is 2. The third kappa shape index (κ3) is 25.9. The van der Waals surface area contributed by atoms with E-state index in [9.17, 15) is 9.59 Å². The van der Waals surface area contributed by atoms with E-state index >= 15 is 0 Å². The number of esters is 1. The van der Waals surface area contributed by atoms with E-state index in [0.29, 0.717) is 19.0 Å². The Labute approximate surface area is 244 Å². The van der Waals surface area contributed by atoms with Gasteiger partial charge >= 0.3 is 11.9 Å². The van der Waals surface area contributed by atoms with Crippen LogP contribution in [0.2, 0.25) is 0 Å². The second-order valence-electron chi connectivity index (χ2n) is 11.0. The minimum atomic E-state index is -0.713. The number of hydrogen-bond donors (Lipinski definition) is 2. The van der Waals surface area contributed by atoms with Crippen molar-refractivity contribution in [2.75, 3.05) is 46.9 Å². The van der Waals surface area contributed by atoms with Gasteiger partial charge in [0.25, 0.3) is 0 Å². The van der Waals surface area contributed by atoms with Crippen molar-refractivity contribution in [2.24, 2.45) is 4.99 Å². The van der Waals surface area contributed by atoms with E-state index in [4.69, 9.17) is 15.1 Å². The summed E-state index contributed by atoms with van der Waals surface area (Å²) in [5.41, 5.74) is 0. The standard InChI is InChI=1S/C31H59N5O4/c1-4-5-6-7-8-15-20-27-40-30(39)22-17-12-10-14-19-25-36(24-18-13-9-11-16-21-29(37)38)26-23-33-31(34-28-32)35(2)3/h4-27H2,1-3H3,(H,33,34)(H,37,38). The Hall–Kier alpha value is -2.34. The lowest BCUT2D eigenvalue weighted by atomic mass is 10.1. The smallest absolute Gasteiger partial charge is 0.305 e. The van der Waals surface area contributed by atoms with Crippen molar-refractivity contribution >= 4 is 17.9 Å². The molecule has 0 amide bonds. The van der Waals surface area contributed by atoms with Crippen LogP contribution in [0.25, 0.3) is 0 Å². The van der Waals surface area contributed by atoms with E-state index in [-0.39, 0.29) is 12.4 Å². The number of nitrogens with one attached hydrogen (secondary N) is 1. The van der Waals surface area contributed by atoms with Crippen molar-refractivity contribution in [3.05, 3.63) is 0 Å². The van der Waals surface area contributed by atoms with E-state index in [1.54, 1.807) is 4.90 Å². The average Bonchev–Trinajstić information content (AvgIpc) is 2.92. The van der Waals surface area contributed by atoms with Crippen LogP contribution in [0.4, 0.5) is 0 Å². The maximum atomic E-state index is 11.9. The first-order valence-electron chi connectivity index (χ1n) is 15.9. The van der Waals surface area contributed by atoms with Gasteiger partial charge in [0.2, 0.25) is 12.2 Å². The molecule has 9 nitrogen and oxygen atoms in total. The van der Waals surface area contributed by atoms with E-state index < -0.39 is 5.97 Å². The summed E-state index contributed by atoms with van der Waals surface area (Å²) in [4.78, 5) is 30.7. The highest BCUT2D eigenvalue weighted by Crippen LogP contribution is 2.11. The van der Waals surface area contributed by atoms with Crippen molar-refractivity contribution < 1.29 is 19.4 Å². The van der Waals surface area contributed by atoms with Crippen LogP contribution >= 0.6 is 0 Å². The van der Waals surface area contributed by atoms with Crippen molar-refractivity contribution in [3.8, 4) is 6.19 Å². The quantitative estimate of drug-likeness (QED) is 0.0390. The normalized spacial score (nSPS) is 11.4. The maximum absolute atomic E-state index is 11.9. The summed E-state index contributed by atoms with van der Waals surface area (Å²) in [6.45, 7) is 6.43. The van der Waals surface area contributed by atoms with Crippen molar-refractivity contribution in [3.63, 3.8) is 0 Å². The van der Waals surface area contributed by atoms with E-state index in [2.05, 4.69) is 22.1 Å². The van der Waals surface area contributed by atoms with Crippen LogP contribution in [0.1, 0.15) is 129 Å². The van der Waals surface area contributed by atoms with Crippen LogP contribution < -0.4 is 5.32 Å². The Balaban J connectivity index is 4.08. The molecular weight excluding hydrogens is 506 g/mol. The molecule has 0 aliphatic rings. The summed E-state index contributed by atoms with van der Waals surface area (Å²) >= 11 is 0. The molecule has 0 aliphatic heterocycles. The molecule has 40 heavy (non-hydrogen) atoms. The molecule has 9 heteroatoms. The number of aliphatic imine (C=N–C) groups is 1. The fraction of sp³-hybridized carbons (Fsp3) is 0.871. The number of nitriles is 1. The van der Waals surface area contributed by atoms with Gasteiger partial charge in [-0.15, -0.1) is 4.99 Å². The summed E-state index contributed by atoms with van der Waals surface area (Å²) in [7, 11) is 3.73. The molecule has 0 heterocycles. The molecule has 0 saturated carbocycles. The minimum absolute atomic E-state index is 0.0513. The molecule has 0 bridgehead atoms. The molecule has 0 saturated heterocycles. The lowest BCUT2D eigenvalue weighted by Crippen LogP contribution is -2.41. The SMILES string of the molecule is CCCCCCCCCOC(=O)CCCCCCCN(CCCCCCCC(=O)O)CCN/C(=N/C#N)N(C)C. The number of guanidine groups is 1. The van der Waals surface area contributed by atoms with Crippen LogP contribution in [0.15, 0.2) is 4.99 Å². The Bertz CT molecular complexity index is 694. The highest BCUT2D eigenvalue weighted by molar-refractivity contribution is 5.80. The first-order valence-corrected chi connectivity index (χ1v) is 15.9. The zero-order chi connectivity index (χ0) is 29.7. The predicted octanol–water partition coefficient (Wildman–Crippen LogP) is 6.34. The number of nitrogens with zero attached hydrogens (tertiary/aromatic N) is 4. The number of carbonyl (C=O) groups excluding carboxylic acids is 1. The number of carboxylic acid groups (broad SMARTS) is 1. The molecule has 0 rings (SSSR count). The molecule has 0 aromatic heterocycles. The third-order valence-corrected chi connectivity index (χ3v) is 7.02. The number of hydrogen-bond acceptors (Lipinski definition) is 6. The topological polar surface area (TPSA) is 118 Å². The van der Waals surface area contributed by atoms with Gasteiger partial charge in [0.1, 0.15) is 0 Å². The Morgan fingerprint density at radius 1 is 0.775 bits per heavy atom. The lowest BCUT2D eigenvalue weighted by Gasteiger charge is -2.24. The van der Waals surface area contributed by atoms with Gasteiger partial charge < -0.3 is 25.0 Å². The van der Waals surface area contributed by atoms with E-state index in [0.717, 1.165) is 103 Å². The number of rotatable bonds is 27. The first-order chi connectivity index (χ1) is 19.4. The van der Waals surface area contributed by atoms with Crippen LogP contribution in [0, 0.1) is 11.5 Å². The monoisotopic (exact) mass is 565 g/mol. The van der Waals surface area contributed by atoms with E-state index in [1.165, 1.54) is 32.1 Å². The molecule has 232 valence electrons. The molecule has 0 spiro atoms. The number of aliphatic carboxylic acids is 1. The summed E-state index contributed by atoms with van der Waals surface area (Å²) in [5.74, 6) is -0.194. The largest absolute Gasteiger partial charge is 0.481 e. The van der Waals surface area contributed by atoms with Gasteiger partial charge in [-0.3, -0.25) is 9.59 Å². The van der Waals surface area contributed by atoms with Gasteiger partial charge in [-0.2, -0.15) is 5.26 Å². The van der Waals surface area contributed by atoms with Crippen LogP contribution in [-0.4, -0.2) is 79.7 Å². The summed E-state index contributed by atoms with van der Waals surface area (Å²) in [6.07, 6.45) is 21.6. The lowest BCUT2D eigenvalue weighted by molar-refractivity contribution is -0.144. The van der Waals surface area contributed by atoms with Gasteiger partial charge in [-0.05, 0) is 45.2 Å². The molecule has 0 radical (unpaired) electrons. The Morgan fingerprint density at radius 3 is 1.85 bits per heavy atom. The van der Waals surface area contributed by atoms with Crippen LogP contribution in [0.3, 0.4) is 0 Å². The third-order valence-electron chi connectivity index (χ3n) is 7.02. The van der Waals surface area contributed by atoms with Crippen LogP contribution in [-0.2, 0) is 14.3 Å². The summed E-state index contributed by atoms with van der Waals surface area (Å²) in [5, 5.41) is 20.9. The van der Waals surface area contributed by atoms with Crippen molar-refractivity contribution in [1.29, 1.82) is 5.26 Å². The summed E-state index contributed by atoms with van der Waals surface area (Å²) in [6, 6.07) is 0. The average molecular weight is 566 g/mol. The second-order valence-corrected chi connectivity index (χ2v) is 11.0. The molecule has 0 unspecified atom stereocenters. The van der Waals surface area contributed by atoms with Crippen molar-refractivity contribution in [2.45, 2.75) is 129 Å². The molecule has 0 aliphatic carbocycles. The Morgan fingerprint density at radius 2 is 1.30 bits per heavy atom. The predicted molar refractivity (Wildman–Crippen MR) is 163 cm³/mol. The molecule has 2 N–H and O–H groups in total. The van der Waals surface area contributed by atoms with Gasteiger partial charge in [0.15, 0.2) is 0 Å². The maximum Gasteiger partial charge on any atom is 0.305 e. The van der Waals surface area contributed by atoms with Gasteiger partial charge in [-0.1, -0.05) is 84.0 Å². The van der Waals surface area contributed by atoms with Gasteiger partial charge in [0.05, 0.1) is 6.61 Å². The van der Waals surface area contributed by atoms with Gasteiger partial charge in [0, 0.05) is 40.0 Å². The summed E-state index contributed by atoms with van der Waals surface area (Å²) < 4.78 is 5.39. The number of carboxylic acids is 1. The highest BCUT2D eigenvalue weighted by atomic mass is 16.5. The van der Waals surface area contributed by atoms with E-state index in [1.807, 2.05) is 20.3 Å². The number of unbranched alkanes of at least 4 members (excludes halogenated alkanes) is 14. The molecule has 0 aromatic rings. The van der Waals surface area contributed by atoms with Crippen LogP contribution in [0.5, 0.6) is 0 Å². The van der Waals surface area contributed by atoms with Gasteiger partial charge in [-0.25, -0.2) is 0 Å². The minimum Gasteiger partial charge on any atom is -0.481 e. The highest BCUT2D eigenvalue weighted by Gasteiger charge is 2.08. The fourth-order valence-corrected chi connectivity index (χ4v) is 4.60. The second kappa shape index (κ2) is 28.2. The Kier molecular flexibility index (Phi) is 26.5. The molecular formula is C31H59N5O4. The fourth-order valence-electron chi connectivity index (χ4n) is 4.60. The number of ether oxygens (including phenoxy) is 1. The zero-order valence-electron chi connectivity index (χ0n) is 25.9. The molecule has 0 fully saturated rings. The zero-order valence-corrected chi connectivity index (χ0v) is 25.9. The first kappa shape index (κ1) is 37.7. The molecule has 0 aromatic carbocycles.